The molecule has 3 aromatic rings. The van der Waals surface area contributed by atoms with Crippen molar-refractivity contribution in [2.45, 2.75) is 24.9 Å². The summed E-state index contributed by atoms with van der Waals surface area (Å²) in [6.07, 6.45) is -1.42. The molecule has 0 saturated carbocycles. The highest BCUT2D eigenvalue weighted by atomic mass is 32.1. The van der Waals surface area contributed by atoms with E-state index in [0.717, 1.165) is 22.3 Å². The predicted octanol–water partition coefficient (Wildman–Crippen LogP) is 3.65. The highest BCUT2D eigenvalue weighted by Crippen LogP contribution is 2.44. The van der Waals surface area contributed by atoms with Crippen LogP contribution in [0.4, 0.5) is 9.93 Å². The minimum absolute atomic E-state index is 0.00753. The van der Waals surface area contributed by atoms with Gasteiger partial charge in [-0.1, -0.05) is 48.5 Å². The third-order valence-electron chi connectivity index (χ3n) is 5.73. The number of amides is 2. The summed E-state index contributed by atoms with van der Waals surface area (Å²) in [5.74, 6) is -1.42. The number of nitrogens with zero attached hydrogens (tertiary/aromatic N) is 1. The van der Waals surface area contributed by atoms with Crippen molar-refractivity contribution in [2.24, 2.45) is 0 Å². The van der Waals surface area contributed by atoms with Crippen LogP contribution in [-0.2, 0) is 25.5 Å². The van der Waals surface area contributed by atoms with Crippen LogP contribution < -0.4 is 10.6 Å². The summed E-state index contributed by atoms with van der Waals surface area (Å²) in [6.45, 7) is 0.359. The van der Waals surface area contributed by atoms with Gasteiger partial charge in [0.2, 0.25) is 5.91 Å². The van der Waals surface area contributed by atoms with Gasteiger partial charge in [0, 0.05) is 31.4 Å². The molecule has 182 valence electrons. The standard InChI is InChI=1S/C25H25N3O6S/c1-33-21(23(30)31)10-11-26-22(29)12-15-14-35-24(27-15)28-25(32)34-13-20-18-8-4-2-6-16(18)17-7-3-5-9-19(17)20/h2-9,14,20-21H,10-13H2,1H3,(H,26,29)(H,30,31)(H,27,28,32). The fourth-order valence-corrected chi connectivity index (χ4v) is 4.78. The topological polar surface area (TPSA) is 127 Å². The number of methoxy groups -OCH3 is 1. The van der Waals surface area contributed by atoms with Crippen LogP contribution in [-0.4, -0.2) is 54.4 Å². The molecule has 0 radical (unpaired) electrons. The second-order valence-corrected chi connectivity index (χ2v) is 8.83. The van der Waals surface area contributed by atoms with E-state index in [1.165, 1.54) is 18.4 Å². The molecular weight excluding hydrogens is 470 g/mol. The number of hydrogen-bond donors (Lipinski definition) is 3. The number of carboxylic acids is 1. The Kier molecular flexibility index (Phi) is 7.74. The van der Waals surface area contributed by atoms with Crippen molar-refractivity contribution in [3.63, 3.8) is 0 Å². The Balaban J connectivity index is 1.26. The molecule has 1 heterocycles. The summed E-state index contributed by atoms with van der Waals surface area (Å²) >= 11 is 1.19. The Hall–Kier alpha value is -3.76. The first kappa shape index (κ1) is 24.4. The number of fused-ring (bicyclic) bond motifs is 3. The molecular formula is C25H25N3O6S. The van der Waals surface area contributed by atoms with E-state index in [1.54, 1.807) is 5.38 Å². The summed E-state index contributed by atoms with van der Waals surface area (Å²) in [4.78, 5) is 39.7. The van der Waals surface area contributed by atoms with Gasteiger partial charge in [0.05, 0.1) is 12.1 Å². The number of carboxylic acid groups (broad SMARTS) is 1. The highest BCUT2D eigenvalue weighted by Gasteiger charge is 2.29. The maximum Gasteiger partial charge on any atom is 0.413 e. The molecule has 0 fully saturated rings. The van der Waals surface area contributed by atoms with Gasteiger partial charge in [-0.3, -0.25) is 10.1 Å². The molecule has 0 saturated heterocycles. The number of nitrogens with one attached hydrogen (secondary N) is 2. The van der Waals surface area contributed by atoms with Crippen molar-refractivity contribution in [3.05, 3.63) is 70.7 Å². The van der Waals surface area contributed by atoms with E-state index in [2.05, 4.69) is 39.9 Å². The van der Waals surface area contributed by atoms with E-state index in [9.17, 15) is 14.4 Å². The Bertz CT molecular complexity index is 1180. The SMILES string of the molecule is COC(CCNC(=O)Cc1csc(NC(=O)OCC2c3ccccc3-c3ccccc32)n1)C(=O)O. The van der Waals surface area contributed by atoms with Gasteiger partial charge in [0.15, 0.2) is 11.2 Å². The average molecular weight is 496 g/mol. The molecule has 1 aliphatic carbocycles. The van der Waals surface area contributed by atoms with Crippen LogP contribution >= 0.6 is 11.3 Å². The van der Waals surface area contributed by atoms with Crippen molar-refractivity contribution in [1.29, 1.82) is 0 Å². The normalized spacial score (nSPS) is 12.9. The summed E-state index contributed by atoms with van der Waals surface area (Å²) < 4.78 is 10.3. The zero-order valence-electron chi connectivity index (χ0n) is 19.0. The van der Waals surface area contributed by atoms with Crippen molar-refractivity contribution < 1.29 is 29.0 Å². The Morgan fingerprint density at radius 3 is 2.37 bits per heavy atom. The zero-order valence-corrected chi connectivity index (χ0v) is 19.8. The van der Waals surface area contributed by atoms with Crippen LogP contribution in [0, 0.1) is 0 Å². The lowest BCUT2D eigenvalue weighted by atomic mass is 9.98. The van der Waals surface area contributed by atoms with Crippen LogP contribution in [0.15, 0.2) is 53.9 Å². The Labute approximate surface area is 206 Å². The van der Waals surface area contributed by atoms with Crippen LogP contribution in [0.25, 0.3) is 11.1 Å². The van der Waals surface area contributed by atoms with E-state index < -0.39 is 18.2 Å². The molecule has 2 amide bonds. The van der Waals surface area contributed by atoms with Gasteiger partial charge in [-0.15, -0.1) is 11.3 Å². The van der Waals surface area contributed by atoms with Crippen LogP contribution in [0.3, 0.4) is 0 Å². The number of ether oxygens (including phenoxy) is 2. The maximum atomic E-state index is 12.4. The first-order chi connectivity index (χ1) is 17.0. The molecule has 1 unspecified atom stereocenters. The van der Waals surface area contributed by atoms with Crippen LogP contribution in [0.2, 0.25) is 0 Å². The third-order valence-corrected chi connectivity index (χ3v) is 6.54. The molecule has 2 aromatic carbocycles. The van der Waals surface area contributed by atoms with Gasteiger partial charge >= 0.3 is 12.1 Å². The van der Waals surface area contributed by atoms with Gasteiger partial charge < -0.3 is 19.9 Å². The van der Waals surface area contributed by atoms with Gasteiger partial charge in [0.25, 0.3) is 0 Å². The lowest BCUT2D eigenvalue weighted by molar-refractivity contribution is -0.149. The molecule has 0 bridgehead atoms. The number of carbonyl (C=O) groups excluding carboxylic acids is 2. The molecule has 35 heavy (non-hydrogen) atoms. The quantitative estimate of drug-likeness (QED) is 0.392. The predicted molar refractivity (Wildman–Crippen MR) is 131 cm³/mol. The molecule has 9 nitrogen and oxygen atoms in total. The minimum Gasteiger partial charge on any atom is -0.479 e. The zero-order chi connectivity index (χ0) is 24.8. The number of aliphatic carboxylic acids is 1. The van der Waals surface area contributed by atoms with E-state index >= 15 is 0 Å². The Morgan fingerprint density at radius 1 is 1.09 bits per heavy atom. The number of aromatic nitrogens is 1. The monoisotopic (exact) mass is 495 g/mol. The van der Waals surface area contributed by atoms with Crippen molar-refractivity contribution in [1.82, 2.24) is 10.3 Å². The first-order valence-corrected chi connectivity index (χ1v) is 11.9. The molecule has 1 aromatic heterocycles. The number of hydrogen-bond acceptors (Lipinski definition) is 7. The number of carbonyl (C=O) groups is 3. The minimum atomic E-state index is -1.08. The molecule has 4 rings (SSSR count). The fraction of sp³-hybridized carbons (Fsp3) is 0.280. The number of thiazole rings is 1. The van der Waals surface area contributed by atoms with Crippen LogP contribution in [0.5, 0.6) is 0 Å². The largest absolute Gasteiger partial charge is 0.479 e. The second kappa shape index (κ2) is 11.1. The van der Waals surface area contributed by atoms with E-state index in [1.807, 2.05) is 24.3 Å². The first-order valence-electron chi connectivity index (χ1n) is 11.0. The smallest absolute Gasteiger partial charge is 0.413 e. The highest BCUT2D eigenvalue weighted by molar-refractivity contribution is 7.13. The van der Waals surface area contributed by atoms with Crippen molar-refractivity contribution in [2.75, 3.05) is 25.6 Å². The van der Waals surface area contributed by atoms with Gasteiger partial charge in [-0.25, -0.2) is 14.6 Å². The fourth-order valence-electron chi connectivity index (χ4n) is 4.08. The summed E-state index contributed by atoms with van der Waals surface area (Å²) in [5, 5.41) is 16.2. The lowest BCUT2D eigenvalue weighted by Crippen LogP contribution is -2.32. The summed E-state index contributed by atoms with van der Waals surface area (Å²) in [6, 6.07) is 16.2. The molecule has 1 atom stereocenters. The third kappa shape index (κ3) is 5.84. The average Bonchev–Trinajstić information content (AvgIpc) is 3.42. The van der Waals surface area contributed by atoms with E-state index in [4.69, 9.17) is 14.6 Å². The molecule has 0 spiro atoms. The molecule has 10 heteroatoms. The van der Waals surface area contributed by atoms with Crippen LogP contribution in [0.1, 0.15) is 29.2 Å². The summed E-state index contributed by atoms with van der Waals surface area (Å²) in [5.41, 5.74) is 5.05. The van der Waals surface area contributed by atoms with Gasteiger partial charge in [-0.05, 0) is 22.3 Å². The van der Waals surface area contributed by atoms with E-state index in [0.29, 0.717) is 10.8 Å². The van der Waals surface area contributed by atoms with E-state index in [-0.39, 0.29) is 37.8 Å². The molecule has 3 N–H and O–H groups in total. The maximum absolute atomic E-state index is 12.4. The second-order valence-electron chi connectivity index (χ2n) is 7.97. The van der Waals surface area contributed by atoms with Crippen molar-refractivity contribution in [3.8, 4) is 11.1 Å². The molecule has 1 aliphatic rings. The Morgan fingerprint density at radius 2 is 1.74 bits per heavy atom. The number of benzene rings is 2. The number of rotatable bonds is 10. The lowest BCUT2D eigenvalue weighted by Gasteiger charge is -2.14. The van der Waals surface area contributed by atoms with Crippen molar-refractivity contribution >= 4 is 34.4 Å². The van der Waals surface area contributed by atoms with Gasteiger partial charge in [0.1, 0.15) is 6.61 Å². The number of anilines is 1. The summed E-state index contributed by atoms with van der Waals surface area (Å²) in [7, 11) is 1.31. The molecule has 0 aliphatic heterocycles. The van der Waals surface area contributed by atoms with Gasteiger partial charge in [-0.2, -0.15) is 0 Å².